The van der Waals surface area contributed by atoms with E-state index in [-0.39, 0.29) is 0 Å². The molecule has 0 aliphatic heterocycles. The topological polar surface area (TPSA) is 82.3 Å². The number of aromatic nitrogens is 1. The summed E-state index contributed by atoms with van der Waals surface area (Å²) in [5.74, 6) is 0. The van der Waals surface area contributed by atoms with E-state index in [4.69, 9.17) is 21.5 Å². The highest BCUT2D eigenvalue weighted by molar-refractivity contribution is 7.89. The number of pyridine rings is 1. The maximum Gasteiger partial charge on any atom is 0.214 e. The highest BCUT2D eigenvalue weighted by atomic mass is 35.5. The maximum absolute atomic E-state index is 11.2. The molecule has 2 N–H and O–H groups in total. The number of nitrogens with two attached hydrogens (primary N) is 1. The first-order chi connectivity index (χ1) is 7.36. The fourth-order valence-electron chi connectivity index (χ4n) is 1.28. The summed E-state index contributed by atoms with van der Waals surface area (Å²) in [4.78, 5) is 4.01. The van der Waals surface area contributed by atoms with Crippen LogP contribution in [0.15, 0.2) is 18.3 Å². The zero-order valence-electron chi connectivity index (χ0n) is 8.92. The first kappa shape index (κ1) is 13.4. The van der Waals surface area contributed by atoms with Crippen molar-refractivity contribution < 1.29 is 13.2 Å². The Morgan fingerprint density at radius 2 is 2.12 bits per heavy atom. The van der Waals surface area contributed by atoms with Crippen LogP contribution in [-0.4, -0.2) is 25.8 Å². The molecule has 0 saturated carbocycles. The molecule has 1 rings (SSSR count). The summed E-state index contributed by atoms with van der Waals surface area (Å²) in [7, 11) is -2.27. The van der Waals surface area contributed by atoms with Gasteiger partial charge in [-0.3, -0.25) is 4.98 Å². The van der Waals surface area contributed by atoms with Crippen LogP contribution < -0.4 is 5.14 Å². The van der Waals surface area contributed by atoms with E-state index in [0.29, 0.717) is 10.7 Å². The number of primary sulfonamides is 1. The number of nitrogens with zero attached hydrogens (tertiary/aromatic N) is 1. The van der Waals surface area contributed by atoms with Crippen LogP contribution in [0.25, 0.3) is 0 Å². The van der Waals surface area contributed by atoms with Gasteiger partial charge < -0.3 is 4.74 Å². The van der Waals surface area contributed by atoms with Crippen molar-refractivity contribution in [1.29, 1.82) is 0 Å². The number of halogens is 1. The average molecular weight is 265 g/mol. The van der Waals surface area contributed by atoms with Gasteiger partial charge in [-0.2, -0.15) is 0 Å². The van der Waals surface area contributed by atoms with E-state index in [2.05, 4.69) is 4.98 Å². The van der Waals surface area contributed by atoms with E-state index in [1.807, 2.05) is 0 Å². The molecule has 1 heterocycles. The standard InChI is InChI=1S/C9H13ClN2O3S/c1-6(16(11,13)14)9(15-2)8-4-3-7(10)5-12-8/h3-6,9H,1-2H3,(H2,11,13,14). The summed E-state index contributed by atoms with van der Waals surface area (Å²) < 4.78 is 27.5. The fourth-order valence-corrected chi connectivity index (χ4v) is 1.99. The molecule has 0 bridgehead atoms. The minimum atomic E-state index is -3.67. The van der Waals surface area contributed by atoms with Crippen LogP contribution in [0, 0.1) is 0 Å². The second kappa shape index (κ2) is 5.09. The molecule has 0 aliphatic carbocycles. The molecule has 90 valence electrons. The fraction of sp³-hybridized carbons (Fsp3) is 0.444. The Morgan fingerprint density at radius 3 is 2.50 bits per heavy atom. The van der Waals surface area contributed by atoms with Gasteiger partial charge in [0.1, 0.15) is 11.4 Å². The summed E-state index contributed by atoms with van der Waals surface area (Å²) in [6.07, 6.45) is 0.728. The van der Waals surface area contributed by atoms with Gasteiger partial charge in [-0.1, -0.05) is 11.6 Å². The predicted octanol–water partition coefficient (Wildman–Crippen LogP) is 1.10. The Kier molecular flexibility index (Phi) is 4.26. The minimum absolute atomic E-state index is 0.474. The van der Waals surface area contributed by atoms with Crippen molar-refractivity contribution in [2.45, 2.75) is 18.3 Å². The normalized spacial score (nSPS) is 15.8. The molecule has 2 unspecified atom stereocenters. The van der Waals surface area contributed by atoms with Crippen molar-refractivity contribution >= 4 is 21.6 Å². The SMILES string of the molecule is COC(c1ccc(Cl)cn1)C(C)S(N)(=O)=O. The van der Waals surface area contributed by atoms with Crippen molar-refractivity contribution in [3.8, 4) is 0 Å². The van der Waals surface area contributed by atoms with E-state index < -0.39 is 21.4 Å². The molecule has 0 amide bonds. The summed E-state index contributed by atoms with van der Waals surface area (Å²) in [6.45, 7) is 1.47. The summed E-state index contributed by atoms with van der Waals surface area (Å²) in [5, 5.41) is 4.67. The second-order valence-electron chi connectivity index (χ2n) is 3.35. The number of methoxy groups -OCH3 is 1. The van der Waals surface area contributed by atoms with Gasteiger partial charge in [0.2, 0.25) is 10.0 Å². The monoisotopic (exact) mass is 264 g/mol. The van der Waals surface area contributed by atoms with Crippen LogP contribution in [0.5, 0.6) is 0 Å². The Labute approximate surface area is 99.6 Å². The molecule has 1 aromatic heterocycles. The van der Waals surface area contributed by atoms with Crippen LogP contribution >= 0.6 is 11.6 Å². The molecule has 0 aromatic carbocycles. The Bertz CT molecular complexity index is 446. The van der Waals surface area contributed by atoms with Gasteiger partial charge in [-0.25, -0.2) is 13.6 Å². The van der Waals surface area contributed by atoms with Gasteiger partial charge in [0.15, 0.2) is 0 Å². The first-order valence-corrected chi connectivity index (χ1v) is 6.51. The molecule has 0 saturated heterocycles. The van der Waals surface area contributed by atoms with E-state index in [1.54, 1.807) is 12.1 Å². The quantitative estimate of drug-likeness (QED) is 0.883. The highest BCUT2D eigenvalue weighted by Gasteiger charge is 2.28. The first-order valence-electron chi connectivity index (χ1n) is 4.52. The molecule has 0 fully saturated rings. The molecular weight excluding hydrogens is 252 g/mol. The lowest BCUT2D eigenvalue weighted by atomic mass is 10.2. The third-order valence-corrected chi connectivity index (χ3v) is 3.75. The van der Waals surface area contributed by atoms with E-state index in [1.165, 1.54) is 20.2 Å². The van der Waals surface area contributed by atoms with Gasteiger partial charge >= 0.3 is 0 Å². The molecule has 0 spiro atoms. The average Bonchev–Trinajstić information content (AvgIpc) is 2.20. The van der Waals surface area contributed by atoms with Gasteiger partial charge in [0, 0.05) is 13.3 Å². The largest absolute Gasteiger partial charge is 0.374 e. The van der Waals surface area contributed by atoms with Gasteiger partial charge in [0.25, 0.3) is 0 Å². The molecule has 2 atom stereocenters. The van der Waals surface area contributed by atoms with Crippen LogP contribution in [-0.2, 0) is 14.8 Å². The van der Waals surface area contributed by atoms with Crippen molar-refractivity contribution in [1.82, 2.24) is 4.98 Å². The Morgan fingerprint density at radius 1 is 1.50 bits per heavy atom. The summed E-state index contributed by atoms with van der Waals surface area (Å²) in [5.41, 5.74) is 0.480. The lowest BCUT2D eigenvalue weighted by Gasteiger charge is -2.20. The predicted molar refractivity (Wildman–Crippen MR) is 61.6 cm³/mol. The molecule has 1 aromatic rings. The number of rotatable bonds is 4. The van der Waals surface area contributed by atoms with Crippen LogP contribution in [0.4, 0.5) is 0 Å². The number of hydrogen-bond donors (Lipinski definition) is 1. The van der Waals surface area contributed by atoms with E-state index >= 15 is 0 Å². The van der Waals surface area contributed by atoms with Gasteiger partial charge in [-0.15, -0.1) is 0 Å². The summed E-state index contributed by atoms with van der Waals surface area (Å²) >= 11 is 5.68. The minimum Gasteiger partial charge on any atom is -0.374 e. The lowest BCUT2D eigenvalue weighted by molar-refractivity contribution is 0.0988. The Hall–Kier alpha value is -0.690. The summed E-state index contributed by atoms with van der Waals surface area (Å²) in [6, 6.07) is 3.23. The van der Waals surface area contributed by atoms with Crippen molar-refractivity contribution in [2.24, 2.45) is 5.14 Å². The van der Waals surface area contributed by atoms with Crippen molar-refractivity contribution in [3.05, 3.63) is 29.0 Å². The number of hydrogen-bond acceptors (Lipinski definition) is 4. The smallest absolute Gasteiger partial charge is 0.214 e. The zero-order chi connectivity index (χ0) is 12.3. The second-order valence-corrected chi connectivity index (χ2v) is 5.71. The Balaban J connectivity index is 3.03. The van der Waals surface area contributed by atoms with Crippen LogP contribution in [0.1, 0.15) is 18.7 Å². The van der Waals surface area contributed by atoms with E-state index in [0.717, 1.165) is 0 Å². The zero-order valence-corrected chi connectivity index (χ0v) is 10.5. The molecular formula is C9H13ClN2O3S. The van der Waals surface area contributed by atoms with Gasteiger partial charge in [-0.05, 0) is 19.1 Å². The van der Waals surface area contributed by atoms with E-state index in [9.17, 15) is 8.42 Å². The molecule has 7 heteroatoms. The van der Waals surface area contributed by atoms with Crippen LogP contribution in [0.3, 0.4) is 0 Å². The van der Waals surface area contributed by atoms with Gasteiger partial charge in [0.05, 0.1) is 10.7 Å². The molecule has 0 radical (unpaired) electrons. The molecule has 16 heavy (non-hydrogen) atoms. The molecule has 0 aliphatic rings. The lowest BCUT2D eigenvalue weighted by Crippen LogP contribution is -2.32. The van der Waals surface area contributed by atoms with Crippen LogP contribution in [0.2, 0.25) is 5.02 Å². The number of ether oxygens (including phenoxy) is 1. The number of sulfonamides is 1. The molecule has 5 nitrogen and oxygen atoms in total. The maximum atomic E-state index is 11.2. The highest BCUT2D eigenvalue weighted by Crippen LogP contribution is 2.23. The van der Waals surface area contributed by atoms with Crippen molar-refractivity contribution in [2.75, 3.05) is 7.11 Å². The van der Waals surface area contributed by atoms with Crippen molar-refractivity contribution in [3.63, 3.8) is 0 Å². The third kappa shape index (κ3) is 3.15. The third-order valence-electron chi connectivity index (χ3n) is 2.24.